The van der Waals surface area contributed by atoms with Crippen molar-refractivity contribution in [3.8, 4) is 0 Å². The van der Waals surface area contributed by atoms with Crippen LogP contribution in [-0.4, -0.2) is 11.2 Å². The highest BCUT2D eigenvalue weighted by molar-refractivity contribution is 5.81. The molecule has 1 aromatic heterocycles. The van der Waals surface area contributed by atoms with Crippen LogP contribution < -0.4 is 11.3 Å². The zero-order valence-electron chi connectivity index (χ0n) is 9.41. The molecule has 0 radical (unpaired) electrons. The van der Waals surface area contributed by atoms with Gasteiger partial charge in [-0.05, 0) is 11.6 Å². The second-order valence-corrected chi connectivity index (χ2v) is 3.96. The van der Waals surface area contributed by atoms with Crippen LogP contribution in [0.1, 0.15) is 18.0 Å². The van der Waals surface area contributed by atoms with Crippen molar-refractivity contribution in [3.63, 3.8) is 0 Å². The van der Waals surface area contributed by atoms with Crippen molar-refractivity contribution in [2.24, 2.45) is 5.84 Å². The Morgan fingerprint density at radius 1 is 1.22 bits per heavy atom. The summed E-state index contributed by atoms with van der Waals surface area (Å²) in [7, 11) is 0. The number of fused-ring (bicyclic) bond motifs is 1. The number of rotatable bonds is 3. The fourth-order valence-corrected chi connectivity index (χ4v) is 1.90. The minimum atomic E-state index is -4.28. The van der Waals surface area contributed by atoms with E-state index in [1.807, 2.05) is 0 Å². The average molecular weight is 255 g/mol. The molecule has 1 atom stereocenters. The summed E-state index contributed by atoms with van der Waals surface area (Å²) in [6.45, 7) is 0. The van der Waals surface area contributed by atoms with Crippen LogP contribution in [0.15, 0.2) is 36.5 Å². The Morgan fingerprint density at radius 3 is 2.61 bits per heavy atom. The van der Waals surface area contributed by atoms with E-state index in [0.717, 1.165) is 5.39 Å². The molecule has 1 unspecified atom stereocenters. The molecule has 0 bridgehead atoms. The van der Waals surface area contributed by atoms with Crippen molar-refractivity contribution < 1.29 is 13.2 Å². The number of nitrogens with one attached hydrogen (secondary N) is 1. The highest BCUT2D eigenvalue weighted by Crippen LogP contribution is 2.31. The van der Waals surface area contributed by atoms with E-state index in [9.17, 15) is 13.2 Å². The van der Waals surface area contributed by atoms with Crippen LogP contribution in [0.3, 0.4) is 0 Å². The van der Waals surface area contributed by atoms with Crippen molar-refractivity contribution in [1.82, 2.24) is 10.4 Å². The molecule has 0 amide bonds. The largest absolute Gasteiger partial charge is 0.390 e. The Labute approximate surface area is 102 Å². The Hall–Kier alpha value is -1.66. The van der Waals surface area contributed by atoms with Crippen molar-refractivity contribution in [1.29, 1.82) is 0 Å². The monoisotopic (exact) mass is 255 g/mol. The summed E-state index contributed by atoms with van der Waals surface area (Å²) in [4.78, 5) is 4.12. The van der Waals surface area contributed by atoms with E-state index in [0.29, 0.717) is 11.1 Å². The number of hydrogen-bond acceptors (Lipinski definition) is 3. The second-order valence-electron chi connectivity index (χ2n) is 3.96. The summed E-state index contributed by atoms with van der Waals surface area (Å²) < 4.78 is 37.4. The number of nitrogens with two attached hydrogens (primary N) is 1. The van der Waals surface area contributed by atoms with Gasteiger partial charge in [0.1, 0.15) is 0 Å². The topological polar surface area (TPSA) is 50.9 Å². The normalized spacial score (nSPS) is 13.8. The molecule has 2 rings (SSSR count). The van der Waals surface area contributed by atoms with Gasteiger partial charge >= 0.3 is 6.18 Å². The first-order valence-corrected chi connectivity index (χ1v) is 5.38. The molecule has 0 aliphatic heterocycles. The number of alkyl halides is 3. The van der Waals surface area contributed by atoms with Crippen LogP contribution >= 0.6 is 0 Å². The Morgan fingerprint density at radius 2 is 1.94 bits per heavy atom. The van der Waals surface area contributed by atoms with Gasteiger partial charge in [-0.15, -0.1) is 0 Å². The number of hydrazine groups is 1. The molecule has 3 N–H and O–H groups in total. The van der Waals surface area contributed by atoms with Gasteiger partial charge in [0.15, 0.2) is 0 Å². The predicted molar refractivity (Wildman–Crippen MR) is 62.5 cm³/mol. The molecule has 18 heavy (non-hydrogen) atoms. The average Bonchev–Trinajstić information content (AvgIpc) is 2.34. The molecule has 0 aliphatic rings. The minimum Gasteiger partial charge on any atom is -0.271 e. The van der Waals surface area contributed by atoms with Crippen LogP contribution in [-0.2, 0) is 0 Å². The van der Waals surface area contributed by atoms with Crippen LogP contribution in [0.5, 0.6) is 0 Å². The van der Waals surface area contributed by atoms with Crippen LogP contribution in [0.2, 0.25) is 0 Å². The maximum absolute atomic E-state index is 12.5. The van der Waals surface area contributed by atoms with E-state index in [-0.39, 0.29) is 0 Å². The van der Waals surface area contributed by atoms with Gasteiger partial charge in [0, 0.05) is 11.6 Å². The maximum Gasteiger partial charge on any atom is 0.390 e. The number of pyridine rings is 1. The van der Waals surface area contributed by atoms with E-state index in [1.165, 1.54) is 0 Å². The molecule has 3 nitrogen and oxygen atoms in total. The van der Waals surface area contributed by atoms with E-state index >= 15 is 0 Å². The van der Waals surface area contributed by atoms with Gasteiger partial charge in [-0.25, -0.2) is 0 Å². The lowest BCUT2D eigenvalue weighted by Crippen LogP contribution is -2.32. The lowest BCUT2D eigenvalue weighted by molar-refractivity contribution is -0.140. The Kier molecular flexibility index (Phi) is 3.49. The molecule has 0 fully saturated rings. The molecule has 96 valence electrons. The van der Waals surface area contributed by atoms with Gasteiger partial charge in [0.05, 0.1) is 18.0 Å². The first kappa shape index (κ1) is 12.8. The van der Waals surface area contributed by atoms with Crippen LogP contribution in [0.25, 0.3) is 10.9 Å². The van der Waals surface area contributed by atoms with Gasteiger partial charge in [0.25, 0.3) is 0 Å². The number of halogens is 3. The molecule has 1 heterocycles. The highest BCUT2D eigenvalue weighted by atomic mass is 19.4. The smallest absolute Gasteiger partial charge is 0.271 e. The first-order chi connectivity index (χ1) is 8.51. The van der Waals surface area contributed by atoms with Gasteiger partial charge in [-0.1, -0.05) is 24.3 Å². The standard InChI is InChI=1S/C12H12F3N3/c13-12(14,15)7-10(18-16)9-5-1-3-8-4-2-6-17-11(8)9/h1-6,10,18H,7,16H2. The van der Waals surface area contributed by atoms with Crippen molar-refractivity contribution in [2.45, 2.75) is 18.6 Å². The zero-order valence-corrected chi connectivity index (χ0v) is 9.41. The highest BCUT2D eigenvalue weighted by Gasteiger charge is 2.32. The molecule has 0 saturated carbocycles. The fraction of sp³-hybridized carbons (Fsp3) is 0.250. The van der Waals surface area contributed by atoms with Crippen molar-refractivity contribution >= 4 is 10.9 Å². The second kappa shape index (κ2) is 4.91. The molecule has 0 saturated heterocycles. The predicted octanol–water partition coefficient (Wildman–Crippen LogP) is 2.69. The van der Waals surface area contributed by atoms with Crippen LogP contribution in [0.4, 0.5) is 13.2 Å². The molecule has 0 aliphatic carbocycles. The van der Waals surface area contributed by atoms with Gasteiger partial charge in [-0.2, -0.15) is 13.2 Å². The quantitative estimate of drug-likeness (QED) is 0.655. The summed E-state index contributed by atoms with van der Waals surface area (Å²) in [6.07, 6.45) is -3.76. The van der Waals surface area contributed by atoms with Crippen molar-refractivity contribution in [3.05, 3.63) is 42.1 Å². The number of hydrogen-bond donors (Lipinski definition) is 2. The third-order valence-electron chi connectivity index (χ3n) is 2.68. The van der Waals surface area contributed by atoms with E-state index in [4.69, 9.17) is 5.84 Å². The molecule has 0 spiro atoms. The van der Waals surface area contributed by atoms with E-state index in [2.05, 4.69) is 10.4 Å². The summed E-state index contributed by atoms with van der Waals surface area (Å²) in [6, 6.07) is 7.63. The minimum absolute atomic E-state index is 0.452. The maximum atomic E-state index is 12.5. The zero-order chi connectivity index (χ0) is 13.2. The molecular weight excluding hydrogens is 243 g/mol. The van der Waals surface area contributed by atoms with Crippen molar-refractivity contribution in [2.75, 3.05) is 0 Å². The fourth-order valence-electron chi connectivity index (χ4n) is 1.90. The summed E-state index contributed by atoms with van der Waals surface area (Å²) in [5, 5.41) is 0.789. The number of benzene rings is 1. The number of para-hydroxylation sites is 1. The molecule has 6 heteroatoms. The lowest BCUT2D eigenvalue weighted by atomic mass is 10.0. The molecule has 2 aromatic rings. The summed E-state index contributed by atoms with van der Waals surface area (Å²) >= 11 is 0. The SMILES string of the molecule is NNC(CC(F)(F)F)c1cccc2cccnc12. The third-order valence-corrected chi connectivity index (χ3v) is 2.68. The van der Waals surface area contributed by atoms with Gasteiger partial charge in [-0.3, -0.25) is 16.3 Å². The Balaban J connectivity index is 2.45. The van der Waals surface area contributed by atoms with E-state index < -0.39 is 18.6 Å². The first-order valence-electron chi connectivity index (χ1n) is 5.38. The number of aromatic nitrogens is 1. The van der Waals surface area contributed by atoms with E-state index in [1.54, 1.807) is 36.5 Å². The number of nitrogens with zero attached hydrogens (tertiary/aromatic N) is 1. The van der Waals surface area contributed by atoms with Crippen LogP contribution in [0, 0.1) is 0 Å². The summed E-state index contributed by atoms with van der Waals surface area (Å²) in [5.41, 5.74) is 3.19. The summed E-state index contributed by atoms with van der Waals surface area (Å²) in [5.74, 6) is 5.23. The Bertz CT molecular complexity index is 534. The van der Waals surface area contributed by atoms with Gasteiger partial charge < -0.3 is 0 Å². The molecule has 1 aromatic carbocycles. The molecular formula is C12H12F3N3. The van der Waals surface area contributed by atoms with Gasteiger partial charge in [0.2, 0.25) is 0 Å². The third kappa shape index (κ3) is 2.77. The lowest BCUT2D eigenvalue weighted by Gasteiger charge is -2.19.